The van der Waals surface area contributed by atoms with Gasteiger partial charge in [-0.15, -0.1) is 10.2 Å². The first kappa shape index (κ1) is 16.0. The van der Waals surface area contributed by atoms with Gasteiger partial charge in [0.25, 0.3) is 0 Å². The van der Waals surface area contributed by atoms with Crippen molar-refractivity contribution in [3.63, 3.8) is 0 Å². The third kappa shape index (κ3) is 4.77. The Hall–Kier alpha value is -1.92. The van der Waals surface area contributed by atoms with E-state index in [2.05, 4.69) is 15.5 Å². The highest BCUT2D eigenvalue weighted by Gasteiger charge is 2.14. The quantitative estimate of drug-likeness (QED) is 0.816. The Bertz CT molecular complexity index is 565. The molecule has 2 N–H and O–H groups in total. The molecule has 0 spiro atoms. The molecule has 1 atom stereocenters. The summed E-state index contributed by atoms with van der Waals surface area (Å²) in [7, 11) is 0. The van der Waals surface area contributed by atoms with Crippen LogP contribution in [-0.4, -0.2) is 40.6 Å². The fourth-order valence-corrected chi connectivity index (χ4v) is 2.85. The van der Waals surface area contributed by atoms with Crippen molar-refractivity contribution in [3.8, 4) is 17.2 Å². The van der Waals surface area contributed by atoms with E-state index in [9.17, 15) is 5.11 Å². The fourth-order valence-electron chi connectivity index (χ4n) is 2.85. The smallest absolute Gasteiger partial charge is 0.247 e. The first-order valence-corrected chi connectivity index (χ1v) is 8.22. The summed E-state index contributed by atoms with van der Waals surface area (Å²) in [6.07, 6.45) is 7.13. The Labute approximate surface area is 135 Å². The summed E-state index contributed by atoms with van der Waals surface area (Å²) in [5.41, 5.74) is 0.842. The van der Waals surface area contributed by atoms with Gasteiger partial charge in [0.05, 0.1) is 0 Å². The number of nitrogens with zero attached hydrogens (tertiary/aromatic N) is 2. The summed E-state index contributed by atoms with van der Waals surface area (Å²) in [4.78, 5) is 0. The molecule has 0 amide bonds. The van der Waals surface area contributed by atoms with Crippen LogP contribution < -0.4 is 10.1 Å². The third-order valence-corrected chi connectivity index (χ3v) is 4.15. The monoisotopic (exact) mass is 317 g/mol. The van der Waals surface area contributed by atoms with Crippen LogP contribution >= 0.6 is 0 Å². The van der Waals surface area contributed by atoms with Crippen molar-refractivity contribution in [2.45, 2.75) is 44.2 Å². The normalized spacial score (nSPS) is 17.1. The van der Waals surface area contributed by atoms with Crippen LogP contribution in [0.15, 0.2) is 35.1 Å². The van der Waals surface area contributed by atoms with Crippen molar-refractivity contribution in [3.05, 3.63) is 30.7 Å². The first-order chi connectivity index (χ1) is 11.3. The zero-order valence-corrected chi connectivity index (χ0v) is 13.1. The highest BCUT2D eigenvalue weighted by atomic mass is 16.5. The topological polar surface area (TPSA) is 80.4 Å². The van der Waals surface area contributed by atoms with Crippen LogP contribution in [0.1, 0.15) is 32.1 Å². The molecule has 0 bridgehead atoms. The summed E-state index contributed by atoms with van der Waals surface area (Å²) in [5, 5.41) is 21.0. The number of benzene rings is 1. The van der Waals surface area contributed by atoms with Crippen molar-refractivity contribution < 1.29 is 14.3 Å². The molecule has 6 nitrogen and oxygen atoms in total. The number of aromatic nitrogens is 2. The molecular weight excluding hydrogens is 294 g/mol. The van der Waals surface area contributed by atoms with Gasteiger partial charge in [-0.25, -0.2) is 0 Å². The van der Waals surface area contributed by atoms with Crippen LogP contribution in [0.3, 0.4) is 0 Å². The average Bonchev–Trinajstić information content (AvgIpc) is 3.14. The molecule has 23 heavy (non-hydrogen) atoms. The van der Waals surface area contributed by atoms with E-state index in [-0.39, 0.29) is 6.61 Å². The van der Waals surface area contributed by atoms with Gasteiger partial charge < -0.3 is 19.6 Å². The number of nitrogens with one attached hydrogen (secondary N) is 1. The summed E-state index contributed by atoms with van der Waals surface area (Å²) >= 11 is 0. The zero-order chi connectivity index (χ0) is 15.9. The Morgan fingerprint density at radius 1 is 1.22 bits per heavy atom. The SMILES string of the molecule is OC(CNC1CCCCC1)COc1ccc(-c2nnco2)cc1. The molecule has 2 aromatic rings. The molecular formula is C17H23N3O3. The van der Waals surface area contributed by atoms with Crippen molar-refractivity contribution in [1.29, 1.82) is 0 Å². The van der Waals surface area contributed by atoms with Crippen LogP contribution in [-0.2, 0) is 0 Å². The maximum atomic E-state index is 10.0. The Morgan fingerprint density at radius 2 is 2.00 bits per heavy atom. The Kier molecular flexibility index (Phi) is 5.60. The second-order valence-electron chi connectivity index (χ2n) is 5.98. The second kappa shape index (κ2) is 8.08. The minimum Gasteiger partial charge on any atom is -0.491 e. The number of ether oxygens (including phenoxy) is 1. The van der Waals surface area contributed by atoms with Crippen LogP contribution in [0.25, 0.3) is 11.5 Å². The summed E-state index contributed by atoms with van der Waals surface area (Å²) in [6, 6.07) is 7.93. The summed E-state index contributed by atoms with van der Waals surface area (Å²) < 4.78 is 10.8. The molecule has 0 saturated heterocycles. The largest absolute Gasteiger partial charge is 0.491 e. The predicted octanol–water partition coefficient (Wildman–Crippen LogP) is 2.40. The molecule has 1 aliphatic carbocycles. The first-order valence-electron chi connectivity index (χ1n) is 8.22. The van der Waals surface area contributed by atoms with Gasteiger partial charge in [-0.1, -0.05) is 19.3 Å². The van der Waals surface area contributed by atoms with E-state index in [0.717, 1.165) is 5.56 Å². The zero-order valence-electron chi connectivity index (χ0n) is 13.1. The molecule has 1 saturated carbocycles. The van der Waals surface area contributed by atoms with E-state index >= 15 is 0 Å². The molecule has 0 radical (unpaired) electrons. The van der Waals surface area contributed by atoms with Gasteiger partial charge in [-0.3, -0.25) is 0 Å². The maximum Gasteiger partial charge on any atom is 0.247 e. The lowest BCUT2D eigenvalue weighted by molar-refractivity contribution is 0.102. The molecule has 1 unspecified atom stereocenters. The molecule has 1 aromatic carbocycles. The van der Waals surface area contributed by atoms with Crippen LogP contribution in [0.2, 0.25) is 0 Å². The Balaban J connectivity index is 1.40. The molecule has 1 aliphatic rings. The highest BCUT2D eigenvalue weighted by molar-refractivity contribution is 5.53. The summed E-state index contributed by atoms with van der Waals surface area (Å²) in [6.45, 7) is 0.852. The lowest BCUT2D eigenvalue weighted by atomic mass is 9.95. The van der Waals surface area contributed by atoms with E-state index in [1.807, 2.05) is 24.3 Å². The molecule has 0 aliphatic heterocycles. The van der Waals surface area contributed by atoms with Gasteiger partial charge >= 0.3 is 0 Å². The van der Waals surface area contributed by atoms with E-state index in [1.165, 1.54) is 38.5 Å². The maximum absolute atomic E-state index is 10.0. The average molecular weight is 317 g/mol. The number of hydrogen-bond donors (Lipinski definition) is 2. The standard InChI is InChI=1S/C17H23N3O3/c21-15(10-18-14-4-2-1-3-5-14)11-22-16-8-6-13(7-9-16)17-20-19-12-23-17/h6-9,12,14-15,18,21H,1-5,10-11H2. The fraction of sp³-hybridized carbons (Fsp3) is 0.529. The number of rotatable bonds is 7. The van der Waals surface area contributed by atoms with E-state index in [4.69, 9.17) is 9.15 Å². The van der Waals surface area contributed by atoms with Crippen LogP contribution in [0.4, 0.5) is 0 Å². The molecule has 1 fully saturated rings. The molecule has 3 rings (SSSR count). The van der Waals surface area contributed by atoms with E-state index in [1.54, 1.807) is 0 Å². The van der Waals surface area contributed by atoms with Gasteiger partial charge in [0.2, 0.25) is 12.3 Å². The van der Waals surface area contributed by atoms with E-state index < -0.39 is 6.10 Å². The van der Waals surface area contributed by atoms with Gasteiger partial charge in [0.15, 0.2) is 0 Å². The highest BCUT2D eigenvalue weighted by Crippen LogP contribution is 2.20. The number of aliphatic hydroxyl groups excluding tert-OH is 1. The lowest BCUT2D eigenvalue weighted by Crippen LogP contribution is -2.38. The molecule has 6 heteroatoms. The van der Waals surface area contributed by atoms with Crippen molar-refractivity contribution in [2.24, 2.45) is 0 Å². The number of aliphatic hydroxyl groups is 1. The molecule has 124 valence electrons. The molecule has 1 heterocycles. The minimum absolute atomic E-state index is 0.277. The minimum atomic E-state index is -0.507. The van der Waals surface area contributed by atoms with Gasteiger partial charge in [0.1, 0.15) is 18.5 Å². The third-order valence-electron chi connectivity index (χ3n) is 4.15. The van der Waals surface area contributed by atoms with Crippen molar-refractivity contribution in [2.75, 3.05) is 13.2 Å². The lowest BCUT2D eigenvalue weighted by Gasteiger charge is -2.24. The molecule has 1 aromatic heterocycles. The van der Waals surface area contributed by atoms with Crippen LogP contribution in [0.5, 0.6) is 5.75 Å². The summed E-state index contributed by atoms with van der Waals surface area (Å²) in [5.74, 6) is 1.19. The Morgan fingerprint density at radius 3 is 2.70 bits per heavy atom. The van der Waals surface area contributed by atoms with E-state index in [0.29, 0.717) is 24.2 Å². The predicted molar refractivity (Wildman–Crippen MR) is 86.1 cm³/mol. The number of hydrogen-bond acceptors (Lipinski definition) is 6. The van der Waals surface area contributed by atoms with Crippen molar-refractivity contribution in [1.82, 2.24) is 15.5 Å². The second-order valence-corrected chi connectivity index (χ2v) is 5.98. The van der Waals surface area contributed by atoms with Gasteiger partial charge in [-0.05, 0) is 37.1 Å². The van der Waals surface area contributed by atoms with Crippen LogP contribution in [0, 0.1) is 0 Å². The van der Waals surface area contributed by atoms with Gasteiger partial charge in [0, 0.05) is 18.2 Å². The van der Waals surface area contributed by atoms with Gasteiger partial charge in [-0.2, -0.15) is 0 Å². The van der Waals surface area contributed by atoms with Crippen molar-refractivity contribution >= 4 is 0 Å².